The van der Waals surface area contributed by atoms with Crippen LogP contribution in [-0.2, 0) is 23.7 Å². The Kier molecular flexibility index (Phi) is 9.15. The molecule has 3 rings (SSSR count). The Morgan fingerprint density at radius 3 is 2.55 bits per heavy atom. The summed E-state index contributed by atoms with van der Waals surface area (Å²) in [6.45, 7) is 5.65. The highest BCUT2D eigenvalue weighted by Gasteiger charge is 2.34. The average molecular weight is 514 g/mol. The Morgan fingerprint density at radius 1 is 1.24 bits per heavy atom. The van der Waals surface area contributed by atoms with Crippen molar-refractivity contribution in [2.24, 2.45) is 12.0 Å². The van der Waals surface area contributed by atoms with Crippen LogP contribution < -0.4 is 15.4 Å². The highest BCUT2D eigenvalue weighted by atomic mass is 127. The number of hydrogen-bond donors (Lipinski definition) is 2. The van der Waals surface area contributed by atoms with Gasteiger partial charge in [-0.2, -0.15) is 5.10 Å². The quantitative estimate of drug-likeness (QED) is 0.335. The van der Waals surface area contributed by atoms with Crippen LogP contribution in [0.1, 0.15) is 31.2 Å². The summed E-state index contributed by atoms with van der Waals surface area (Å²) in [6.07, 6.45) is 3.48. The third-order valence-corrected chi connectivity index (χ3v) is 5.27. The lowest BCUT2D eigenvalue weighted by molar-refractivity contribution is 0.0513. The van der Waals surface area contributed by atoms with Gasteiger partial charge in [0.05, 0.1) is 7.11 Å². The lowest BCUT2D eigenvalue weighted by Crippen LogP contribution is -2.48. The van der Waals surface area contributed by atoms with Gasteiger partial charge in [-0.15, -0.1) is 24.0 Å². The molecule has 0 amide bonds. The van der Waals surface area contributed by atoms with Crippen LogP contribution in [-0.4, -0.2) is 54.1 Å². The van der Waals surface area contributed by atoms with Crippen LogP contribution in [0, 0.1) is 0 Å². The first kappa shape index (κ1) is 23.4. The zero-order chi connectivity index (χ0) is 19.8. The van der Waals surface area contributed by atoms with Crippen LogP contribution in [0.15, 0.2) is 35.6 Å². The molecule has 1 fully saturated rings. The molecule has 1 aromatic heterocycles. The number of guanidine groups is 1. The molecule has 0 atom stereocenters. The lowest BCUT2D eigenvalue weighted by Gasteiger charge is -2.38. The SMILES string of the molecule is CCNC(=NCc1ncnn1C)NCC1(c2ccc(OC)cc2)CCOCC1.I. The number of nitrogens with one attached hydrogen (secondary N) is 2. The molecular weight excluding hydrogens is 483 g/mol. The zero-order valence-corrected chi connectivity index (χ0v) is 19.7. The van der Waals surface area contributed by atoms with Crippen molar-refractivity contribution in [3.05, 3.63) is 42.0 Å². The van der Waals surface area contributed by atoms with E-state index in [9.17, 15) is 0 Å². The maximum absolute atomic E-state index is 5.64. The molecule has 1 aliphatic rings. The summed E-state index contributed by atoms with van der Waals surface area (Å²) in [5.74, 6) is 2.48. The number of benzene rings is 1. The Hall–Kier alpha value is -1.88. The smallest absolute Gasteiger partial charge is 0.191 e. The van der Waals surface area contributed by atoms with Crippen LogP contribution in [0.4, 0.5) is 0 Å². The van der Waals surface area contributed by atoms with Crippen LogP contribution >= 0.6 is 24.0 Å². The molecule has 9 heteroatoms. The van der Waals surface area contributed by atoms with Crippen molar-refractivity contribution >= 4 is 29.9 Å². The van der Waals surface area contributed by atoms with E-state index in [0.717, 1.165) is 56.7 Å². The van der Waals surface area contributed by atoms with Crippen LogP contribution in [0.5, 0.6) is 5.75 Å². The molecule has 1 saturated heterocycles. The summed E-state index contributed by atoms with van der Waals surface area (Å²) in [4.78, 5) is 8.91. The van der Waals surface area contributed by atoms with Gasteiger partial charge in [0.1, 0.15) is 24.4 Å². The predicted octanol–water partition coefficient (Wildman–Crippen LogP) is 2.25. The Morgan fingerprint density at radius 2 is 1.97 bits per heavy atom. The first-order valence-electron chi connectivity index (χ1n) is 9.74. The third kappa shape index (κ3) is 6.05. The summed E-state index contributed by atoms with van der Waals surface area (Å²) in [5.41, 5.74) is 1.30. The number of aliphatic imine (C=N–C) groups is 1. The van der Waals surface area contributed by atoms with Gasteiger partial charge < -0.3 is 20.1 Å². The summed E-state index contributed by atoms with van der Waals surface area (Å²) in [7, 11) is 3.57. The molecule has 0 unspecified atom stereocenters. The van der Waals surface area contributed by atoms with Crippen LogP contribution in [0.3, 0.4) is 0 Å². The van der Waals surface area contributed by atoms with Crippen LogP contribution in [0.2, 0.25) is 0 Å². The third-order valence-electron chi connectivity index (χ3n) is 5.27. The van der Waals surface area contributed by atoms with Crippen molar-refractivity contribution in [3.8, 4) is 5.75 Å². The topological polar surface area (TPSA) is 85.6 Å². The minimum Gasteiger partial charge on any atom is -0.497 e. The number of rotatable bonds is 7. The molecule has 29 heavy (non-hydrogen) atoms. The van der Waals surface area contributed by atoms with Gasteiger partial charge in [-0.1, -0.05) is 12.1 Å². The second-order valence-corrected chi connectivity index (χ2v) is 6.97. The van der Waals surface area contributed by atoms with Crippen molar-refractivity contribution < 1.29 is 9.47 Å². The average Bonchev–Trinajstić information content (AvgIpc) is 3.15. The van der Waals surface area contributed by atoms with Crippen molar-refractivity contribution in [3.63, 3.8) is 0 Å². The van der Waals surface area contributed by atoms with Crippen LogP contribution in [0.25, 0.3) is 0 Å². The second kappa shape index (κ2) is 11.3. The van der Waals surface area contributed by atoms with Gasteiger partial charge in [0.2, 0.25) is 0 Å². The molecule has 1 aliphatic heterocycles. The molecule has 8 nitrogen and oxygen atoms in total. The van der Waals surface area contributed by atoms with Gasteiger partial charge in [-0.05, 0) is 37.5 Å². The second-order valence-electron chi connectivity index (χ2n) is 6.97. The van der Waals surface area contributed by atoms with Gasteiger partial charge in [-0.3, -0.25) is 4.68 Å². The first-order chi connectivity index (χ1) is 13.7. The number of aromatic nitrogens is 3. The molecule has 0 spiro atoms. The Bertz CT molecular complexity index is 772. The number of methoxy groups -OCH3 is 1. The number of ether oxygens (including phenoxy) is 2. The van der Waals surface area contributed by atoms with E-state index in [-0.39, 0.29) is 29.4 Å². The minimum absolute atomic E-state index is 0. The van der Waals surface area contributed by atoms with E-state index in [2.05, 4.69) is 44.8 Å². The van der Waals surface area contributed by atoms with E-state index in [4.69, 9.17) is 9.47 Å². The van der Waals surface area contributed by atoms with E-state index < -0.39 is 0 Å². The van der Waals surface area contributed by atoms with Crippen molar-refractivity contribution in [2.45, 2.75) is 31.7 Å². The molecular formula is C20H31IN6O2. The number of nitrogens with zero attached hydrogens (tertiary/aromatic N) is 4. The van der Waals surface area contributed by atoms with E-state index in [0.29, 0.717) is 6.54 Å². The summed E-state index contributed by atoms with van der Waals surface area (Å²) in [6, 6.07) is 8.38. The summed E-state index contributed by atoms with van der Waals surface area (Å²) < 4.78 is 12.7. The molecule has 2 heterocycles. The Balaban J connectivity index is 0.00000300. The minimum atomic E-state index is 0. The predicted molar refractivity (Wildman–Crippen MR) is 124 cm³/mol. The molecule has 1 aromatic carbocycles. The molecule has 2 aromatic rings. The maximum Gasteiger partial charge on any atom is 0.191 e. The standard InChI is InChI=1S/C20H30N6O2.HI/c1-4-21-19(22-13-18-24-15-25-26(18)2)23-14-20(9-11-28-12-10-20)16-5-7-17(27-3)8-6-16;/h5-8,15H,4,9-14H2,1-3H3,(H2,21,22,23);1H. The largest absolute Gasteiger partial charge is 0.497 e. The number of aryl methyl sites for hydroxylation is 1. The van der Waals surface area contributed by atoms with Crippen molar-refractivity contribution in [2.75, 3.05) is 33.4 Å². The van der Waals surface area contributed by atoms with E-state index in [1.165, 1.54) is 5.56 Å². The zero-order valence-electron chi connectivity index (χ0n) is 17.4. The maximum atomic E-state index is 5.64. The van der Waals surface area contributed by atoms with Crippen molar-refractivity contribution in [1.29, 1.82) is 0 Å². The first-order valence-corrected chi connectivity index (χ1v) is 9.74. The van der Waals surface area contributed by atoms with Crippen molar-refractivity contribution in [1.82, 2.24) is 25.4 Å². The molecule has 0 bridgehead atoms. The van der Waals surface area contributed by atoms with Gasteiger partial charge in [0.15, 0.2) is 5.96 Å². The van der Waals surface area contributed by atoms with Gasteiger partial charge >= 0.3 is 0 Å². The monoisotopic (exact) mass is 514 g/mol. The van der Waals surface area contributed by atoms with E-state index in [1.54, 1.807) is 18.1 Å². The summed E-state index contributed by atoms with van der Waals surface area (Å²) >= 11 is 0. The lowest BCUT2D eigenvalue weighted by atomic mass is 9.74. The Labute approximate surface area is 189 Å². The van der Waals surface area contributed by atoms with E-state index in [1.807, 2.05) is 19.2 Å². The molecule has 0 saturated carbocycles. The fourth-order valence-corrected chi connectivity index (χ4v) is 3.48. The molecule has 0 radical (unpaired) electrons. The normalized spacial score (nSPS) is 16.0. The number of halogens is 1. The fourth-order valence-electron chi connectivity index (χ4n) is 3.48. The van der Waals surface area contributed by atoms with Gasteiger partial charge in [-0.25, -0.2) is 9.98 Å². The highest BCUT2D eigenvalue weighted by Crippen LogP contribution is 2.35. The van der Waals surface area contributed by atoms with Gasteiger partial charge in [0, 0.05) is 38.8 Å². The number of hydrogen-bond acceptors (Lipinski definition) is 5. The highest BCUT2D eigenvalue weighted by molar-refractivity contribution is 14.0. The molecule has 0 aliphatic carbocycles. The summed E-state index contributed by atoms with van der Waals surface area (Å²) in [5, 5.41) is 11.0. The van der Waals surface area contributed by atoms with Gasteiger partial charge in [0.25, 0.3) is 0 Å². The molecule has 2 N–H and O–H groups in total. The van der Waals surface area contributed by atoms with E-state index >= 15 is 0 Å². The molecule has 160 valence electrons. The fraction of sp³-hybridized carbons (Fsp3) is 0.550.